The summed E-state index contributed by atoms with van der Waals surface area (Å²) in [6, 6.07) is 44.2. The topological polar surface area (TPSA) is 29.5 Å². The summed E-state index contributed by atoms with van der Waals surface area (Å²) < 4.78 is 5.62. The zero-order valence-electron chi connectivity index (χ0n) is 29.3. The van der Waals surface area contributed by atoms with Gasteiger partial charge in [0.1, 0.15) is 5.76 Å². The zero-order valence-corrected chi connectivity index (χ0v) is 29.3. The second-order valence-corrected chi connectivity index (χ2v) is 14.5. The maximum atomic E-state index is 13.0. The number of ether oxygens (including phenoxy) is 1. The van der Waals surface area contributed by atoms with E-state index in [1.54, 1.807) is 14.0 Å². The fraction of sp³-hybridized carbons (Fsp3) is 0.196. The largest absolute Gasteiger partial charge is 0.501 e. The molecule has 0 atom stereocenters. The van der Waals surface area contributed by atoms with Crippen molar-refractivity contribution < 1.29 is 9.53 Å². The second kappa shape index (κ2) is 11.1. The quantitative estimate of drug-likeness (QED) is 0.134. The lowest BCUT2D eigenvalue weighted by Crippen LogP contribution is -2.18. The number of rotatable bonds is 6. The third-order valence-corrected chi connectivity index (χ3v) is 11.1. The Labute approximate surface area is 289 Å². The van der Waals surface area contributed by atoms with E-state index in [0.717, 1.165) is 33.4 Å². The van der Waals surface area contributed by atoms with Crippen LogP contribution in [0.5, 0.6) is 0 Å². The molecular weight excluding hydrogens is 599 g/mol. The van der Waals surface area contributed by atoms with Gasteiger partial charge >= 0.3 is 0 Å². The third kappa shape index (κ3) is 4.52. The van der Waals surface area contributed by atoms with Crippen molar-refractivity contribution >= 4 is 39.2 Å². The number of carbonyl (C=O) groups excluding carboxylic acids is 1. The van der Waals surface area contributed by atoms with Gasteiger partial charge < -0.3 is 9.64 Å². The van der Waals surface area contributed by atoms with Crippen LogP contribution in [0.4, 0.5) is 17.1 Å². The van der Waals surface area contributed by atoms with E-state index in [0.29, 0.717) is 11.3 Å². The molecule has 0 saturated heterocycles. The number of anilines is 3. The summed E-state index contributed by atoms with van der Waals surface area (Å²) in [5, 5.41) is 2.07. The van der Waals surface area contributed by atoms with Crippen molar-refractivity contribution in [3.8, 4) is 22.3 Å². The van der Waals surface area contributed by atoms with Gasteiger partial charge in [-0.05, 0) is 99.6 Å². The van der Waals surface area contributed by atoms with E-state index in [4.69, 9.17) is 4.74 Å². The summed E-state index contributed by atoms with van der Waals surface area (Å²) in [5.74, 6) is 0.595. The molecule has 0 N–H and O–H groups in total. The molecule has 6 aromatic rings. The highest BCUT2D eigenvalue weighted by atomic mass is 16.5. The van der Waals surface area contributed by atoms with Gasteiger partial charge in [-0.25, -0.2) is 0 Å². The summed E-state index contributed by atoms with van der Waals surface area (Å²) >= 11 is 0. The molecule has 0 unspecified atom stereocenters. The Morgan fingerprint density at radius 2 is 1.02 bits per heavy atom. The highest BCUT2D eigenvalue weighted by Gasteiger charge is 2.38. The number of carbonyl (C=O) groups is 1. The monoisotopic (exact) mass is 639 g/mol. The molecule has 2 aliphatic carbocycles. The van der Waals surface area contributed by atoms with Gasteiger partial charge in [0.2, 0.25) is 0 Å². The minimum atomic E-state index is -0.139. The van der Waals surface area contributed by atoms with E-state index >= 15 is 0 Å². The molecule has 0 heterocycles. The molecule has 0 radical (unpaired) electrons. The summed E-state index contributed by atoms with van der Waals surface area (Å²) in [4.78, 5) is 15.4. The van der Waals surface area contributed by atoms with E-state index in [2.05, 4.69) is 148 Å². The van der Waals surface area contributed by atoms with Gasteiger partial charge in [-0.2, -0.15) is 0 Å². The summed E-state index contributed by atoms with van der Waals surface area (Å²) in [6.45, 7) is 12.8. The normalized spacial score (nSPS) is 15.2. The minimum absolute atomic E-state index is 0.0186. The molecule has 0 spiro atoms. The number of hydrogen-bond acceptors (Lipinski definition) is 3. The first-order valence-electron chi connectivity index (χ1n) is 17.1. The number of benzene rings is 6. The fourth-order valence-corrected chi connectivity index (χ4v) is 8.52. The van der Waals surface area contributed by atoms with Crippen molar-refractivity contribution in [3.05, 3.63) is 155 Å². The number of hydrogen-bond donors (Lipinski definition) is 0. The smallest absolute Gasteiger partial charge is 0.163 e. The second-order valence-electron chi connectivity index (χ2n) is 14.5. The predicted octanol–water partition coefficient (Wildman–Crippen LogP) is 11.9. The van der Waals surface area contributed by atoms with Crippen LogP contribution in [0, 0.1) is 0 Å². The van der Waals surface area contributed by atoms with E-state index in [9.17, 15) is 4.79 Å². The average molecular weight is 640 g/mol. The van der Waals surface area contributed by atoms with Crippen molar-refractivity contribution in [2.24, 2.45) is 0 Å². The number of methoxy groups -OCH3 is 1. The van der Waals surface area contributed by atoms with Gasteiger partial charge in [-0.15, -0.1) is 0 Å². The van der Waals surface area contributed by atoms with Gasteiger partial charge in [-0.3, -0.25) is 4.79 Å². The highest BCUT2D eigenvalue weighted by molar-refractivity contribution is 6.24. The van der Waals surface area contributed by atoms with Crippen LogP contribution >= 0.6 is 0 Å². The predicted molar refractivity (Wildman–Crippen MR) is 204 cm³/mol. The molecule has 0 amide bonds. The Morgan fingerprint density at radius 1 is 0.551 bits per heavy atom. The highest BCUT2D eigenvalue weighted by Crippen LogP contribution is 2.53. The van der Waals surface area contributed by atoms with Crippen molar-refractivity contribution in [3.63, 3.8) is 0 Å². The van der Waals surface area contributed by atoms with Crippen LogP contribution in [-0.4, -0.2) is 12.9 Å². The lowest BCUT2D eigenvalue weighted by molar-refractivity contribution is -0.111. The summed E-state index contributed by atoms with van der Waals surface area (Å²) in [6.07, 6.45) is 0. The minimum Gasteiger partial charge on any atom is -0.501 e. The van der Waals surface area contributed by atoms with Gasteiger partial charge in [0.15, 0.2) is 5.78 Å². The first kappa shape index (κ1) is 30.9. The molecule has 0 bridgehead atoms. The van der Waals surface area contributed by atoms with Crippen LogP contribution in [0.1, 0.15) is 69.4 Å². The molecule has 0 aliphatic heterocycles. The van der Waals surface area contributed by atoms with Crippen LogP contribution in [-0.2, 0) is 20.4 Å². The van der Waals surface area contributed by atoms with Crippen LogP contribution in [0.15, 0.2) is 127 Å². The van der Waals surface area contributed by atoms with E-state index < -0.39 is 0 Å². The molecular formula is C46H41NO2. The molecule has 0 saturated carbocycles. The van der Waals surface area contributed by atoms with E-state index in [-0.39, 0.29) is 16.6 Å². The molecule has 49 heavy (non-hydrogen) atoms. The van der Waals surface area contributed by atoms with Gasteiger partial charge in [0.05, 0.1) is 18.4 Å². The molecule has 6 aromatic carbocycles. The van der Waals surface area contributed by atoms with Crippen molar-refractivity contribution in [1.29, 1.82) is 0 Å². The molecule has 0 fully saturated rings. The Hall–Kier alpha value is -5.41. The fourth-order valence-electron chi connectivity index (χ4n) is 8.52. The Kier molecular flexibility index (Phi) is 6.98. The Morgan fingerprint density at radius 3 is 1.53 bits per heavy atom. The van der Waals surface area contributed by atoms with Crippen molar-refractivity contribution in [1.82, 2.24) is 0 Å². The van der Waals surface area contributed by atoms with Crippen LogP contribution < -0.4 is 4.90 Å². The van der Waals surface area contributed by atoms with E-state index in [1.165, 1.54) is 44.5 Å². The number of nitrogens with zero attached hydrogens (tertiary/aromatic N) is 1. The standard InChI is InChI=1S/C46H41NO2/c1-28(48)44(29(2)49-7)38-24-25-43(37-17-9-8-14-32(37)38)47(30-20-22-35-33-15-10-12-18-39(33)45(3,4)41(35)26-30)31-21-23-36-34-16-11-13-19-40(34)46(5,6)42(36)27-31/h8-27H,1-7H3/b44-29+. The van der Waals surface area contributed by atoms with Crippen LogP contribution in [0.3, 0.4) is 0 Å². The number of Topliss-reactive ketones (excluding diaryl/α,β-unsaturated/α-hetero) is 1. The number of allylic oxidation sites excluding steroid dienone is 2. The lowest BCUT2D eigenvalue weighted by Gasteiger charge is -2.31. The van der Waals surface area contributed by atoms with Crippen LogP contribution in [0.25, 0.3) is 38.6 Å². The van der Waals surface area contributed by atoms with Crippen LogP contribution in [0.2, 0.25) is 0 Å². The third-order valence-electron chi connectivity index (χ3n) is 11.1. The summed E-state index contributed by atoms with van der Waals surface area (Å²) in [7, 11) is 1.62. The molecule has 3 nitrogen and oxygen atoms in total. The molecule has 2 aliphatic rings. The van der Waals surface area contributed by atoms with Crippen molar-refractivity contribution in [2.45, 2.75) is 52.4 Å². The first-order chi connectivity index (χ1) is 23.5. The molecule has 0 aromatic heterocycles. The Bertz CT molecular complexity index is 2270. The zero-order chi connectivity index (χ0) is 34.2. The molecule has 3 heteroatoms. The van der Waals surface area contributed by atoms with Crippen molar-refractivity contribution in [2.75, 3.05) is 12.0 Å². The average Bonchev–Trinajstić information content (AvgIpc) is 3.48. The van der Waals surface area contributed by atoms with E-state index in [1.807, 2.05) is 13.0 Å². The van der Waals surface area contributed by atoms with Gasteiger partial charge in [-0.1, -0.05) is 119 Å². The Balaban J connectivity index is 1.39. The SMILES string of the molecule is CO/C(C)=C(\C(C)=O)c1ccc(N(c2ccc3c(c2)C(C)(C)c2ccccc2-3)c2ccc3c(c2)C(C)(C)c2ccccc2-3)c2ccccc12. The number of fused-ring (bicyclic) bond motifs is 7. The number of ketones is 1. The molecule has 242 valence electrons. The maximum absolute atomic E-state index is 13.0. The van der Waals surface area contributed by atoms with Gasteiger partial charge in [0, 0.05) is 27.6 Å². The van der Waals surface area contributed by atoms with Gasteiger partial charge in [0.25, 0.3) is 0 Å². The first-order valence-corrected chi connectivity index (χ1v) is 17.1. The molecule has 8 rings (SSSR count). The lowest BCUT2D eigenvalue weighted by atomic mass is 9.82. The maximum Gasteiger partial charge on any atom is 0.163 e. The summed E-state index contributed by atoms with van der Waals surface area (Å²) in [5.41, 5.74) is 15.0.